The molecule has 0 saturated heterocycles. The summed E-state index contributed by atoms with van der Waals surface area (Å²) >= 11 is 0. The second-order valence-corrected chi connectivity index (χ2v) is 9.07. The number of carbonyl (C=O) groups excluding carboxylic acids is 1. The number of hydrogen-bond acceptors (Lipinski definition) is 7. The summed E-state index contributed by atoms with van der Waals surface area (Å²) < 4.78 is 5.49. The highest BCUT2D eigenvalue weighted by Gasteiger charge is 2.15. The maximum atomic E-state index is 11.9. The van der Waals surface area contributed by atoms with E-state index >= 15 is 0 Å². The molecule has 4 rings (SSSR count). The molecular formula is C27H33N7O2. The lowest BCUT2D eigenvalue weighted by Crippen LogP contribution is -2.29. The Hall–Kier alpha value is -4.11. The predicted molar refractivity (Wildman–Crippen MR) is 146 cm³/mol. The third kappa shape index (κ3) is 5.41. The molecule has 2 heterocycles. The Bertz CT molecular complexity index is 1380. The van der Waals surface area contributed by atoms with E-state index in [1.165, 1.54) is 6.92 Å². The van der Waals surface area contributed by atoms with Crippen molar-refractivity contribution >= 4 is 39.8 Å². The second-order valence-electron chi connectivity index (χ2n) is 9.07. The van der Waals surface area contributed by atoms with Gasteiger partial charge in [-0.3, -0.25) is 4.79 Å². The normalized spacial score (nSPS) is 11.1. The van der Waals surface area contributed by atoms with Crippen molar-refractivity contribution in [3.63, 3.8) is 0 Å². The van der Waals surface area contributed by atoms with E-state index in [1.54, 1.807) is 7.11 Å². The molecule has 1 amide bonds. The Morgan fingerprint density at radius 3 is 2.67 bits per heavy atom. The lowest BCUT2D eigenvalue weighted by molar-refractivity contribution is -0.114. The number of likely N-dealkylation sites (N-methyl/N-ethyl adjacent to an activating group) is 2. The van der Waals surface area contributed by atoms with Gasteiger partial charge in [0.05, 0.1) is 29.7 Å². The van der Waals surface area contributed by atoms with Crippen LogP contribution in [-0.2, 0) is 4.79 Å². The summed E-state index contributed by atoms with van der Waals surface area (Å²) in [7, 11) is 7.76. The molecule has 0 unspecified atom stereocenters. The third-order valence-electron chi connectivity index (χ3n) is 5.98. The van der Waals surface area contributed by atoms with Gasteiger partial charge in [0.2, 0.25) is 11.9 Å². The maximum Gasteiger partial charge on any atom is 0.227 e. The first kappa shape index (κ1) is 25.0. The average molecular weight is 488 g/mol. The maximum absolute atomic E-state index is 11.9. The fourth-order valence-corrected chi connectivity index (χ4v) is 4.10. The van der Waals surface area contributed by atoms with Gasteiger partial charge in [-0.15, -0.1) is 0 Å². The van der Waals surface area contributed by atoms with Gasteiger partial charge in [-0.05, 0) is 50.8 Å². The number of aromatic nitrogens is 3. The molecule has 4 aromatic rings. The summed E-state index contributed by atoms with van der Waals surface area (Å²) in [5.74, 6) is 1.12. The van der Waals surface area contributed by atoms with Crippen LogP contribution in [0, 0.1) is 6.92 Å². The first-order chi connectivity index (χ1) is 17.3. The minimum atomic E-state index is -0.127. The van der Waals surface area contributed by atoms with Crippen molar-refractivity contribution in [2.24, 2.45) is 0 Å². The molecular weight excluding hydrogens is 454 g/mol. The van der Waals surface area contributed by atoms with Gasteiger partial charge in [-0.2, -0.15) is 0 Å². The first-order valence-electron chi connectivity index (χ1n) is 11.8. The van der Waals surface area contributed by atoms with Crippen molar-refractivity contribution in [3.05, 3.63) is 54.4 Å². The van der Waals surface area contributed by atoms with Gasteiger partial charge >= 0.3 is 0 Å². The van der Waals surface area contributed by atoms with Gasteiger partial charge in [0.1, 0.15) is 5.75 Å². The third-order valence-corrected chi connectivity index (χ3v) is 5.98. The highest BCUT2D eigenvalue weighted by molar-refractivity contribution is 5.98. The van der Waals surface area contributed by atoms with Gasteiger partial charge in [0.25, 0.3) is 0 Å². The van der Waals surface area contributed by atoms with E-state index in [0.29, 0.717) is 5.95 Å². The number of nitrogens with one attached hydrogen (secondary N) is 3. The van der Waals surface area contributed by atoms with E-state index in [0.717, 1.165) is 63.6 Å². The summed E-state index contributed by atoms with van der Waals surface area (Å²) in [5.41, 5.74) is 6.13. The van der Waals surface area contributed by atoms with Crippen molar-refractivity contribution in [1.29, 1.82) is 0 Å². The molecule has 0 saturated carbocycles. The summed E-state index contributed by atoms with van der Waals surface area (Å²) in [6, 6.07) is 11.8. The minimum absolute atomic E-state index is 0.127. The topological polar surface area (TPSA) is 98.4 Å². The fourth-order valence-electron chi connectivity index (χ4n) is 4.10. The zero-order valence-electron chi connectivity index (χ0n) is 21.6. The monoisotopic (exact) mass is 487 g/mol. The highest BCUT2D eigenvalue weighted by Crippen LogP contribution is 2.35. The molecule has 0 radical (unpaired) electrons. The number of H-pyrrole nitrogens is 1. The standard InChI is InChI=1S/C27H33N7O2/c1-17-15-29-27(32-25(17)21-16-28-26-20(21)8-7-9-24(26)36-6)31-19-10-11-23(22(14-19)30-18(2)35)34(5)13-12-33(3)4/h7-11,14-16,28H,12-13H2,1-6H3,(H,30,35)(H,29,31,32). The number of hydrogen-bond donors (Lipinski definition) is 3. The Balaban J connectivity index is 1.65. The van der Waals surface area contributed by atoms with Crippen LogP contribution in [0.5, 0.6) is 5.75 Å². The summed E-state index contributed by atoms with van der Waals surface area (Å²) in [6.07, 6.45) is 3.75. The molecule has 0 spiro atoms. The smallest absolute Gasteiger partial charge is 0.227 e. The molecule has 0 fully saturated rings. The number of ether oxygens (including phenoxy) is 1. The van der Waals surface area contributed by atoms with Crippen molar-refractivity contribution < 1.29 is 9.53 Å². The van der Waals surface area contributed by atoms with Crippen LogP contribution in [0.4, 0.5) is 23.0 Å². The molecule has 0 atom stereocenters. The molecule has 0 aliphatic rings. The molecule has 9 heteroatoms. The number of rotatable bonds is 9. The number of anilines is 4. The Kier molecular flexibility index (Phi) is 7.40. The predicted octanol–water partition coefficient (Wildman–Crippen LogP) is 4.64. The summed E-state index contributed by atoms with van der Waals surface area (Å²) in [5, 5.41) is 7.28. The van der Waals surface area contributed by atoms with Crippen LogP contribution in [-0.4, -0.2) is 67.1 Å². The quantitative estimate of drug-likeness (QED) is 0.316. The van der Waals surface area contributed by atoms with Crippen LogP contribution in [0.15, 0.2) is 48.8 Å². The number of aryl methyl sites for hydroxylation is 1. The molecule has 0 bridgehead atoms. The Morgan fingerprint density at radius 2 is 1.94 bits per heavy atom. The number of aromatic amines is 1. The van der Waals surface area contributed by atoms with Crippen LogP contribution in [0.25, 0.3) is 22.2 Å². The molecule has 36 heavy (non-hydrogen) atoms. The summed E-state index contributed by atoms with van der Waals surface area (Å²) in [6.45, 7) is 5.22. The largest absolute Gasteiger partial charge is 0.495 e. The Labute approximate surface area is 211 Å². The molecule has 2 aromatic carbocycles. The molecule has 0 aliphatic heterocycles. The molecule has 188 valence electrons. The van der Waals surface area contributed by atoms with Gasteiger partial charge in [-0.1, -0.05) is 12.1 Å². The van der Waals surface area contributed by atoms with Crippen molar-refractivity contribution in [2.75, 3.05) is 56.9 Å². The molecule has 3 N–H and O–H groups in total. The van der Waals surface area contributed by atoms with E-state index < -0.39 is 0 Å². The molecule has 2 aromatic heterocycles. The number of nitrogens with zero attached hydrogens (tertiary/aromatic N) is 4. The number of benzene rings is 2. The van der Waals surface area contributed by atoms with Crippen molar-refractivity contribution in [3.8, 4) is 17.0 Å². The van der Waals surface area contributed by atoms with E-state index in [2.05, 4.69) is 30.4 Å². The number of methoxy groups -OCH3 is 1. The van der Waals surface area contributed by atoms with E-state index in [-0.39, 0.29) is 5.91 Å². The van der Waals surface area contributed by atoms with Gasteiger partial charge in [0.15, 0.2) is 0 Å². The lowest BCUT2D eigenvalue weighted by atomic mass is 10.1. The number of para-hydroxylation sites is 1. The minimum Gasteiger partial charge on any atom is -0.495 e. The zero-order chi connectivity index (χ0) is 25.8. The first-order valence-corrected chi connectivity index (χ1v) is 11.8. The number of amides is 1. The van der Waals surface area contributed by atoms with Crippen LogP contribution in [0.2, 0.25) is 0 Å². The molecule has 9 nitrogen and oxygen atoms in total. The number of carbonyl (C=O) groups is 1. The van der Waals surface area contributed by atoms with E-state index in [9.17, 15) is 4.79 Å². The SMILES string of the molecule is COc1cccc2c(-c3nc(Nc4ccc(N(C)CCN(C)C)c(NC(C)=O)c4)ncc3C)c[nH]c12. The van der Waals surface area contributed by atoms with Crippen molar-refractivity contribution in [2.45, 2.75) is 13.8 Å². The van der Waals surface area contributed by atoms with Crippen LogP contribution >= 0.6 is 0 Å². The van der Waals surface area contributed by atoms with Crippen LogP contribution < -0.4 is 20.3 Å². The lowest BCUT2D eigenvalue weighted by Gasteiger charge is -2.24. The summed E-state index contributed by atoms with van der Waals surface area (Å²) in [4.78, 5) is 28.8. The van der Waals surface area contributed by atoms with Crippen LogP contribution in [0.3, 0.4) is 0 Å². The van der Waals surface area contributed by atoms with E-state index in [4.69, 9.17) is 9.72 Å². The van der Waals surface area contributed by atoms with Gasteiger partial charge < -0.3 is 30.2 Å². The highest BCUT2D eigenvalue weighted by atomic mass is 16.5. The van der Waals surface area contributed by atoms with E-state index in [1.807, 2.05) is 76.9 Å². The van der Waals surface area contributed by atoms with Crippen LogP contribution in [0.1, 0.15) is 12.5 Å². The zero-order valence-corrected chi connectivity index (χ0v) is 21.6. The van der Waals surface area contributed by atoms with Gasteiger partial charge in [-0.25, -0.2) is 9.97 Å². The molecule has 0 aliphatic carbocycles. The second kappa shape index (κ2) is 10.7. The Morgan fingerprint density at radius 1 is 1.14 bits per heavy atom. The van der Waals surface area contributed by atoms with Crippen molar-refractivity contribution in [1.82, 2.24) is 19.9 Å². The van der Waals surface area contributed by atoms with Gasteiger partial charge in [0, 0.05) is 56.1 Å². The fraction of sp³-hybridized carbons (Fsp3) is 0.296. The number of fused-ring (bicyclic) bond motifs is 1. The average Bonchev–Trinajstić information content (AvgIpc) is 3.27.